The molecule has 198 valence electrons. The van der Waals surface area contributed by atoms with Gasteiger partial charge in [-0.1, -0.05) is 30.3 Å². The molecular formula is C26H27F3N2O6. The lowest BCUT2D eigenvalue weighted by Crippen LogP contribution is -2.37. The standard InChI is InChI=1S/C26H27F3N2O6/c1-3-36-24(34)18(12-30-15(2)13-32)23(33)17-11-19(27)20(22(29)21(17)28)26(9-10-26)31-25(35)37-14-16-7-5-4-6-8-16/h4-8,11-12,15,32-33H,3,9-10,13-14H2,1-2H3,(H,31,35). The molecule has 2 aromatic rings. The zero-order valence-corrected chi connectivity index (χ0v) is 20.3. The molecule has 1 aliphatic rings. The fourth-order valence-electron chi connectivity index (χ4n) is 3.54. The third-order valence-corrected chi connectivity index (χ3v) is 5.67. The summed E-state index contributed by atoms with van der Waals surface area (Å²) in [6.07, 6.45) is 0.152. The van der Waals surface area contributed by atoms with Gasteiger partial charge in [0.1, 0.15) is 23.8 Å². The maximum absolute atomic E-state index is 15.2. The summed E-state index contributed by atoms with van der Waals surface area (Å²) in [5.41, 5.74) is -3.14. The zero-order valence-electron chi connectivity index (χ0n) is 20.3. The van der Waals surface area contributed by atoms with Crippen molar-refractivity contribution in [2.24, 2.45) is 4.99 Å². The summed E-state index contributed by atoms with van der Waals surface area (Å²) in [5, 5.41) is 22.1. The number of esters is 1. The van der Waals surface area contributed by atoms with Crippen LogP contribution < -0.4 is 5.32 Å². The van der Waals surface area contributed by atoms with E-state index >= 15 is 13.2 Å². The third-order valence-electron chi connectivity index (χ3n) is 5.67. The minimum atomic E-state index is -1.63. The minimum Gasteiger partial charge on any atom is -0.506 e. The molecule has 1 unspecified atom stereocenters. The molecule has 2 aromatic carbocycles. The second-order valence-corrected chi connectivity index (χ2v) is 8.47. The Morgan fingerprint density at radius 2 is 1.84 bits per heavy atom. The van der Waals surface area contributed by atoms with Gasteiger partial charge in [0.15, 0.2) is 11.6 Å². The molecule has 0 spiro atoms. The number of nitrogens with one attached hydrogen (secondary N) is 1. The van der Waals surface area contributed by atoms with E-state index in [9.17, 15) is 14.7 Å². The first kappa shape index (κ1) is 27.7. The van der Waals surface area contributed by atoms with Gasteiger partial charge >= 0.3 is 12.1 Å². The number of halogens is 3. The van der Waals surface area contributed by atoms with E-state index in [1.165, 1.54) is 13.8 Å². The lowest BCUT2D eigenvalue weighted by atomic mass is 9.98. The Balaban J connectivity index is 1.92. The molecule has 1 amide bonds. The van der Waals surface area contributed by atoms with Gasteiger partial charge in [-0.2, -0.15) is 0 Å². The summed E-state index contributed by atoms with van der Waals surface area (Å²) in [6.45, 7) is 2.42. The smallest absolute Gasteiger partial charge is 0.408 e. The number of aliphatic imine (C=N–C) groups is 1. The van der Waals surface area contributed by atoms with Gasteiger partial charge in [-0.05, 0) is 38.3 Å². The monoisotopic (exact) mass is 520 g/mol. The maximum Gasteiger partial charge on any atom is 0.408 e. The van der Waals surface area contributed by atoms with Crippen LogP contribution in [0.4, 0.5) is 18.0 Å². The number of hydrogen-bond donors (Lipinski definition) is 3. The molecule has 3 N–H and O–H groups in total. The van der Waals surface area contributed by atoms with Crippen molar-refractivity contribution in [3.8, 4) is 0 Å². The van der Waals surface area contributed by atoms with Crippen LogP contribution >= 0.6 is 0 Å². The average Bonchev–Trinajstić information content (AvgIpc) is 3.65. The van der Waals surface area contributed by atoms with Gasteiger partial charge < -0.3 is 25.0 Å². The van der Waals surface area contributed by atoms with Crippen molar-refractivity contribution in [3.63, 3.8) is 0 Å². The van der Waals surface area contributed by atoms with Crippen LogP contribution in [0.1, 0.15) is 43.4 Å². The molecule has 0 radical (unpaired) electrons. The number of aliphatic hydroxyl groups is 2. The Kier molecular flexibility index (Phi) is 8.93. The number of alkyl carbamates (subject to hydrolysis) is 1. The summed E-state index contributed by atoms with van der Waals surface area (Å²) >= 11 is 0. The molecule has 11 heteroatoms. The SMILES string of the molecule is CCOC(=O)C(C=NC(C)CO)=C(O)c1cc(F)c(C2(NC(=O)OCc3ccccc3)CC2)c(F)c1F. The molecule has 1 fully saturated rings. The van der Waals surface area contributed by atoms with Crippen LogP contribution in [0.2, 0.25) is 0 Å². The highest BCUT2D eigenvalue weighted by molar-refractivity contribution is 6.15. The van der Waals surface area contributed by atoms with Crippen molar-refractivity contribution in [1.29, 1.82) is 0 Å². The van der Waals surface area contributed by atoms with Crippen LogP contribution in [0.5, 0.6) is 0 Å². The highest BCUT2D eigenvalue weighted by Gasteiger charge is 2.51. The highest BCUT2D eigenvalue weighted by Crippen LogP contribution is 2.48. The molecule has 0 aliphatic heterocycles. The number of benzene rings is 2. The van der Waals surface area contributed by atoms with Crippen molar-refractivity contribution in [2.75, 3.05) is 13.2 Å². The number of amides is 1. The Bertz CT molecular complexity index is 1210. The zero-order chi connectivity index (χ0) is 27.2. The van der Waals surface area contributed by atoms with Crippen LogP contribution in [0, 0.1) is 17.5 Å². The molecule has 1 aliphatic carbocycles. The second-order valence-electron chi connectivity index (χ2n) is 8.47. The summed E-state index contributed by atoms with van der Waals surface area (Å²) in [7, 11) is 0. The molecule has 8 nitrogen and oxygen atoms in total. The molecule has 0 saturated heterocycles. The Morgan fingerprint density at radius 3 is 2.43 bits per heavy atom. The van der Waals surface area contributed by atoms with E-state index in [2.05, 4.69) is 10.3 Å². The quantitative estimate of drug-likeness (QED) is 0.141. The lowest BCUT2D eigenvalue weighted by Gasteiger charge is -2.20. The second kappa shape index (κ2) is 11.9. The molecule has 0 heterocycles. The van der Waals surface area contributed by atoms with E-state index in [0.717, 1.165) is 6.21 Å². The van der Waals surface area contributed by atoms with Crippen molar-refractivity contribution in [3.05, 3.63) is 76.1 Å². The predicted octanol–water partition coefficient (Wildman–Crippen LogP) is 4.30. The molecule has 1 saturated carbocycles. The van der Waals surface area contributed by atoms with E-state index < -0.39 is 63.6 Å². The number of aliphatic hydroxyl groups excluding tert-OH is 2. The van der Waals surface area contributed by atoms with Crippen molar-refractivity contribution < 1.29 is 42.4 Å². The molecular weight excluding hydrogens is 493 g/mol. The van der Waals surface area contributed by atoms with Crippen LogP contribution in [0.3, 0.4) is 0 Å². The number of carbonyl (C=O) groups is 2. The molecule has 3 rings (SSSR count). The molecule has 37 heavy (non-hydrogen) atoms. The van der Waals surface area contributed by atoms with Crippen molar-refractivity contribution >= 4 is 24.0 Å². The normalized spacial score (nSPS) is 15.6. The number of rotatable bonds is 10. The fourth-order valence-corrected chi connectivity index (χ4v) is 3.54. The number of carbonyl (C=O) groups excluding carboxylic acids is 2. The number of ether oxygens (including phenoxy) is 2. The first-order valence-corrected chi connectivity index (χ1v) is 11.5. The Labute approximate surface area is 211 Å². The predicted molar refractivity (Wildman–Crippen MR) is 128 cm³/mol. The lowest BCUT2D eigenvalue weighted by molar-refractivity contribution is -0.137. The van der Waals surface area contributed by atoms with Crippen molar-refractivity contribution in [2.45, 2.75) is 44.9 Å². The number of hydrogen-bond acceptors (Lipinski definition) is 7. The molecule has 1 atom stereocenters. The highest BCUT2D eigenvalue weighted by atomic mass is 19.2. The van der Waals surface area contributed by atoms with Crippen LogP contribution in [-0.4, -0.2) is 47.7 Å². The fraction of sp³-hybridized carbons (Fsp3) is 0.346. The van der Waals surface area contributed by atoms with E-state index in [1.54, 1.807) is 30.3 Å². The first-order chi connectivity index (χ1) is 17.6. The van der Waals surface area contributed by atoms with Gasteiger partial charge in [0, 0.05) is 6.21 Å². The average molecular weight is 521 g/mol. The topological polar surface area (TPSA) is 117 Å². The van der Waals surface area contributed by atoms with Crippen LogP contribution in [0.25, 0.3) is 5.76 Å². The van der Waals surface area contributed by atoms with Gasteiger partial charge in [0.05, 0.1) is 35.9 Å². The van der Waals surface area contributed by atoms with Gasteiger partial charge in [-0.15, -0.1) is 0 Å². The minimum absolute atomic E-state index is 0.0766. The van der Waals surface area contributed by atoms with Gasteiger partial charge in [0.2, 0.25) is 0 Å². The van der Waals surface area contributed by atoms with Gasteiger partial charge in [0.25, 0.3) is 0 Å². The molecule has 0 bridgehead atoms. The third kappa shape index (κ3) is 6.48. The van der Waals surface area contributed by atoms with Gasteiger partial charge in [-0.3, -0.25) is 4.99 Å². The van der Waals surface area contributed by atoms with E-state index in [4.69, 9.17) is 14.6 Å². The first-order valence-electron chi connectivity index (χ1n) is 11.5. The van der Waals surface area contributed by atoms with Crippen LogP contribution in [-0.2, 0) is 26.4 Å². The largest absolute Gasteiger partial charge is 0.506 e. The van der Waals surface area contributed by atoms with Gasteiger partial charge in [-0.25, -0.2) is 22.8 Å². The summed E-state index contributed by atoms with van der Waals surface area (Å²) < 4.78 is 55.4. The summed E-state index contributed by atoms with van der Waals surface area (Å²) in [4.78, 5) is 28.4. The Morgan fingerprint density at radius 1 is 1.16 bits per heavy atom. The van der Waals surface area contributed by atoms with E-state index in [1.807, 2.05) is 0 Å². The number of nitrogens with zero attached hydrogens (tertiary/aromatic N) is 1. The van der Waals surface area contributed by atoms with E-state index in [-0.39, 0.29) is 32.7 Å². The molecule has 0 aromatic heterocycles. The summed E-state index contributed by atoms with van der Waals surface area (Å²) in [6, 6.07) is 8.61. The van der Waals surface area contributed by atoms with Crippen molar-refractivity contribution in [1.82, 2.24) is 5.32 Å². The van der Waals surface area contributed by atoms with E-state index in [0.29, 0.717) is 11.6 Å². The summed E-state index contributed by atoms with van der Waals surface area (Å²) in [5.74, 6) is -6.73. The maximum atomic E-state index is 15.2. The van der Waals surface area contributed by atoms with Crippen LogP contribution in [0.15, 0.2) is 47.0 Å². The Hall–Kier alpha value is -3.86.